The van der Waals surface area contributed by atoms with Crippen LogP contribution in [0.15, 0.2) is 30.6 Å². The minimum Gasteiger partial charge on any atom is -0.381 e. The van der Waals surface area contributed by atoms with Gasteiger partial charge in [-0.05, 0) is 30.9 Å². The van der Waals surface area contributed by atoms with E-state index in [-0.39, 0.29) is 0 Å². The first kappa shape index (κ1) is 14.1. The SMILES string of the molecule is CCC1CCCCC1Nc1ccccc1-c1nncn1C. The van der Waals surface area contributed by atoms with E-state index in [0.717, 1.165) is 17.3 Å². The van der Waals surface area contributed by atoms with E-state index < -0.39 is 0 Å². The number of hydrogen-bond donors (Lipinski definition) is 1. The fraction of sp³-hybridized carbons (Fsp3) is 0.529. The first-order chi connectivity index (χ1) is 10.3. The zero-order valence-corrected chi connectivity index (χ0v) is 12.9. The molecule has 0 amide bonds. The number of nitrogens with one attached hydrogen (secondary N) is 1. The molecular weight excluding hydrogens is 260 g/mol. The smallest absolute Gasteiger partial charge is 0.165 e. The van der Waals surface area contributed by atoms with Gasteiger partial charge in [-0.15, -0.1) is 10.2 Å². The van der Waals surface area contributed by atoms with Crippen molar-refractivity contribution < 1.29 is 0 Å². The third-order valence-electron chi connectivity index (χ3n) is 4.65. The molecule has 0 spiro atoms. The molecule has 0 saturated heterocycles. The van der Waals surface area contributed by atoms with Crippen LogP contribution < -0.4 is 5.32 Å². The second kappa shape index (κ2) is 6.29. The Morgan fingerprint density at radius 3 is 2.81 bits per heavy atom. The quantitative estimate of drug-likeness (QED) is 0.927. The van der Waals surface area contributed by atoms with E-state index >= 15 is 0 Å². The molecule has 2 aromatic rings. The zero-order chi connectivity index (χ0) is 14.7. The number of para-hydroxylation sites is 1. The van der Waals surface area contributed by atoms with Crippen molar-refractivity contribution in [2.75, 3.05) is 5.32 Å². The third kappa shape index (κ3) is 2.94. The molecule has 2 atom stereocenters. The summed E-state index contributed by atoms with van der Waals surface area (Å²) in [6.45, 7) is 2.30. The maximum absolute atomic E-state index is 4.25. The lowest BCUT2D eigenvalue weighted by Crippen LogP contribution is -2.32. The van der Waals surface area contributed by atoms with Gasteiger partial charge in [0.2, 0.25) is 0 Å². The summed E-state index contributed by atoms with van der Waals surface area (Å²) in [5.74, 6) is 1.70. The molecule has 4 nitrogen and oxygen atoms in total. The van der Waals surface area contributed by atoms with Gasteiger partial charge in [-0.3, -0.25) is 0 Å². The van der Waals surface area contributed by atoms with Gasteiger partial charge in [0.05, 0.1) is 0 Å². The number of aromatic nitrogens is 3. The van der Waals surface area contributed by atoms with E-state index in [1.807, 2.05) is 11.6 Å². The van der Waals surface area contributed by atoms with Crippen LogP contribution in [-0.4, -0.2) is 20.8 Å². The Balaban J connectivity index is 1.87. The summed E-state index contributed by atoms with van der Waals surface area (Å²) in [7, 11) is 1.99. The molecule has 1 saturated carbocycles. The first-order valence-corrected chi connectivity index (χ1v) is 7.99. The van der Waals surface area contributed by atoms with Gasteiger partial charge < -0.3 is 9.88 Å². The Kier molecular flexibility index (Phi) is 4.23. The van der Waals surface area contributed by atoms with E-state index in [0.29, 0.717) is 6.04 Å². The minimum absolute atomic E-state index is 0.582. The molecule has 1 aromatic carbocycles. The molecule has 1 aromatic heterocycles. The molecule has 4 heteroatoms. The van der Waals surface area contributed by atoms with Crippen LogP contribution in [0.5, 0.6) is 0 Å². The molecule has 0 bridgehead atoms. The minimum atomic E-state index is 0.582. The van der Waals surface area contributed by atoms with E-state index in [1.54, 1.807) is 6.33 Å². The Hall–Kier alpha value is -1.84. The highest BCUT2D eigenvalue weighted by atomic mass is 15.2. The summed E-state index contributed by atoms with van der Waals surface area (Å²) >= 11 is 0. The Bertz CT molecular complexity index is 590. The average molecular weight is 284 g/mol. The predicted molar refractivity (Wildman–Crippen MR) is 86.1 cm³/mol. The second-order valence-corrected chi connectivity index (χ2v) is 6.01. The summed E-state index contributed by atoms with van der Waals surface area (Å²) in [6.07, 6.45) is 8.33. The average Bonchev–Trinajstić information content (AvgIpc) is 2.94. The van der Waals surface area contributed by atoms with Gasteiger partial charge in [0.1, 0.15) is 6.33 Å². The van der Waals surface area contributed by atoms with Gasteiger partial charge in [0, 0.05) is 24.3 Å². The third-order valence-corrected chi connectivity index (χ3v) is 4.65. The van der Waals surface area contributed by atoms with Crippen LogP contribution in [-0.2, 0) is 7.05 Å². The van der Waals surface area contributed by atoms with Gasteiger partial charge in [-0.25, -0.2) is 0 Å². The number of rotatable bonds is 4. The van der Waals surface area contributed by atoms with Gasteiger partial charge in [-0.2, -0.15) is 0 Å². The van der Waals surface area contributed by atoms with Gasteiger partial charge in [0.25, 0.3) is 0 Å². The van der Waals surface area contributed by atoms with E-state index in [9.17, 15) is 0 Å². The molecule has 1 fully saturated rings. The predicted octanol–water partition coefficient (Wildman–Crippen LogP) is 3.86. The molecule has 0 aliphatic heterocycles. The summed E-state index contributed by atoms with van der Waals surface area (Å²) < 4.78 is 1.97. The number of anilines is 1. The number of hydrogen-bond acceptors (Lipinski definition) is 3. The monoisotopic (exact) mass is 284 g/mol. The van der Waals surface area contributed by atoms with Crippen LogP contribution in [0.4, 0.5) is 5.69 Å². The molecule has 1 heterocycles. The fourth-order valence-corrected chi connectivity index (χ4v) is 3.42. The van der Waals surface area contributed by atoms with Crippen molar-refractivity contribution in [3.8, 4) is 11.4 Å². The lowest BCUT2D eigenvalue weighted by atomic mass is 9.82. The van der Waals surface area contributed by atoms with Crippen molar-refractivity contribution in [1.29, 1.82) is 0 Å². The molecule has 2 unspecified atom stereocenters. The van der Waals surface area contributed by atoms with Crippen molar-refractivity contribution in [3.05, 3.63) is 30.6 Å². The molecule has 1 aliphatic rings. The maximum atomic E-state index is 4.25. The maximum Gasteiger partial charge on any atom is 0.165 e. The number of benzene rings is 1. The summed E-state index contributed by atoms with van der Waals surface area (Å²) in [5, 5.41) is 12.0. The summed E-state index contributed by atoms with van der Waals surface area (Å²) in [6, 6.07) is 9.01. The highest BCUT2D eigenvalue weighted by molar-refractivity contribution is 5.73. The lowest BCUT2D eigenvalue weighted by molar-refractivity contribution is 0.317. The normalized spacial score (nSPS) is 22.2. The van der Waals surface area contributed by atoms with Gasteiger partial charge in [0.15, 0.2) is 5.82 Å². The lowest BCUT2D eigenvalue weighted by Gasteiger charge is -2.32. The number of nitrogens with zero attached hydrogens (tertiary/aromatic N) is 3. The van der Waals surface area contributed by atoms with E-state index in [1.165, 1.54) is 37.8 Å². The molecule has 3 rings (SSSR count). The largest absolute Gasteiger partial charge is 0.381 e. The molecule has 0 radical (unpaired) electrons. The highest BCUT2D eigenvalue weighted by Gasteiger charge is 2.24. The van der Waals surface area contributed by atoms with Crippen molar-refractivity contribution >= 4 is 5.69 Å². The van der Waals surface area contributed by atoms with Crippen LogP contribution in [0, 0.1) is 5.92 Å². The van der Waals surface area contributed by atoms with Gasteiger partial charge >= 0.3 is 0 Å². The van der Waals surface area contributed by atoms with Crippen LogP contribution in [0.25, 0.3) is 11.4 Å². The van der Waals surface area contributed by atoms with Crippen LogP contribution in [0.3, 0.4) is 0 Å². The molecule has 1 N–H and O–H groups in total. The van der Waals surface area contributed by atoms with Crippen LogP contribution in [0.2, 0.25) is 0 Å². The Morgan fingerprint density at radius 2 is 2.05 bits per heavy atom. The molecule has 21 heavy (non-hydrogen) atoms. The highest BCUT2D eigenvalue weighted by Crippen LogP contribution is 2.32. The zero-order valence-electron chi connectivity index (χ0n) is 12.9. The van der Waals surface area contributed by atoms with E-state index in [2.05, 4.69) is 46.7 Å². The summed E-state index contributed by atoms with van der Waals surface area (Å²) in [5.41, 5.74) is 2.32. The van der Waals surface area contributed by atoms with Crippen molar-refractivity contribution in [1.82, 2.24) is 14.8 Å². The summed E-state index contributed by atoms with van der Waals surface area (Å²) in [4.78, 5) is 0. The van der Waals surface area contributed by atoms with Crippen molar-refractivity contribution in [2.45, 2.75) is 45.1 Å². The molecule has 112 valence electrons. The van der Waals surface area contributed by atoms with Gasteiger partial charge in [-0.1, -0.05) is 38.3 Å². The molecule has 1 aliphatic carbocycles. The fourth-order valence-electron chi connectivity index (χ4n) is 3.42. The number of aryl methyl sites for hydroxylation is 1. The molecular formula is C17H24N4. The standard InChI is InChI=1S/C17H24N4/c1-3-13-8-4-6-10-15(13)19-16-11-7-5-9-14(16)17-20-18-12-21(17)2/h5,7,9,11-13,15,19H,3-4,6,8,10H2,1-2H3. The van der Waals surface area contributed by atoms with Crippen LogP contribution >= 0.6 is 0 Å². The van der Waals surface area contributed by atoms with Crippen LogP contribution in [0.1, 0.15) is 39.0 Å². The second-order valence-electron chi connectivity index (χ2n) is 6.01. The Labute approximate surface area is 126 Å². The van der Waals surface area contributed by atoms with E-state index in [4.69, 9.17) is 0 Å². The van der Waals surface area contributed by atoms with Crippen molar-refractivity contribution in [3.63, 3.8) is 0 Å². The topological polar surface area (TPSA) is 42.7 Å². The Morgan fingerprint density at radius 1 is 1.24 bits per heavy atom. The van der Waals surface area contributed by atoms with Crippen molar-refractivity contribution in [2.24, 2.45) is 13.0 Å². The first-order valence-electron chi connectivity index (χ1n) is 7.99.